The molecule has 6 heteroatoms. The van der Waals surface area contributed by atoms with Crippen molar-refractivity contribution in [3.05, 3.63) is 53.9 Å². The Morgan fingerprint density at radius 1 is 1.21 bits per heavy atom. The normalized spacial score (nSPS) is 17.5. The minimum absolute atomic E-state index is 0.0559. The predicted octanol–water partition coefficient (Wildman–Crippen LogP) is 4.89. The monoisotopic (exact) mass is 395 g/mol. The Labute approximate surface area is 170 Å². The third-order valence-corrected chi connectivity index (χ3v) is 6.46. The molecule has 1 fully saturated rings. The fourth-order valence-electron chi connectivity index (χ4n) is 4.86. The first-order valence-electron chi connectivity index (χ1n) is 10.5. The van der Waals surface area contributed by atoms with Crippen LogP contribution in [0.15, 0.2) is 36.8 Å². The molecule has 5 nitrogen and oxygen atoms in total. The highest BCUT2D eigenvalue weighted by atomic mass is 19.1. The Morgan fingerprint density at radius 2 is 2.00 bits per heavy atom. The molecule has 0 aliphatic heterocycles. The molecule has 0 spiro atoms. The van der Waals surface area contributed by atoms with E-state index in [0.717, 1.165) is 54.5 Å². The van der Waals surface area contributed by atoms with E-state index in [1.165, 1.54) is 6.42 Å². The van der Waals surface area contributed by atoms with E-state index in [2.05, 4.69) is 28.8 Å². The zero-order valence-corrected chi connectivity index (χ0v) is 17.1. The number of halogens is 1. The number of aromatic nitrogens is 3. The number of fused-ring (bicyclic) bond motifs is 1. The largest absolute Gasteiger partial charge is 0.344 e. The smallest absolute Gasteiger partial charge is 0.307 e. The summed E-state index contributed by atoms with van der Waals surface area (Å²) in [5.41, 5.74) is 3.70. The van der Waals surface area contributed by atoms with Crippen LogP contribution in [0.1, 0.15) is 57.2 Å². The van der Waals surface area contributed by atoms with Gasteiger partial charge < -0.3 is 4.98 Å². The van der Waals surface area contributed by atoms with Crippen LogP contribution in [0.25, 0.3) is 11.0 Å². The highest BCUT2D eigenvalue weighted by molar-refractivity contribution is 5.77. The number of carbonyl (C=O) groups excluding carboxylic acids is 1. The highest BCUT2D eigenvalue weighted by Crippen LogP contribution is 2.36. The molecule has 2 heterocycles. The van der Waals surface area contributed by atoms with E-state index in [0.29, 0.717) is 12.0 Å². The zero-order chi connectivity index (χ0) is 20.4. The number of benzene rings is 1. The molecule has 29 heavy (non-hydrogen) atoms. The Morgan fingerprint density at radius 3 is 2.69 bits per heavy atom. The number of hydrogen-bond donors (Lipinski definition) is 1. The Balaban J connectivity index is 1.69. The van der Waals surface area contributed by atoms with Gasteiger partial charge in [-0.05, 0) is 44.4 Å². The summed E-state index contributed by atoms with van der Waals surface area (Å²) < 4.78 is 15.4. The SMILES string of the molecule is CC(C)[N+](C=O)(c1ccc(Cc2nccc3[nH]cnc23)c(F)c1)C1CCCCC1. The molecular formula is C23H28FN4O+. The lowest BCUT2D eigenvalue weighted by atomic mass is 9.90. The average Bonchev–Trinajstić information content (AvgIpc) is 3.21. The summed E-state index contributed by atoms with van der Waals surface area (Å²) in [7, 11) is 0. The van der Waals surface area contributed by atoms with Crippen molar-refractivity contribution in [1.82, 2.24) is 19.4 Å². The summed E-state index contributed by atoms with van der Waals surface area (Å²) >= 11 is 0. The summed E-state index contributed by atoms with van der Waals surface area (Å²) in [4.78, 5) is 24.2. The van der Waals surface area contributed by atoms with Gasteiger partial charge in [-0.1, -0.05) is 6.42 Å². The molecule has 0 saturated heterocycles. The summed E-state index contributed by atoms with van der Waals surface area (Å²) in [6, 6.07) is 7.41. The Hall–Kier alpha value is -2.60. The number of rotatable bonds is 6. The molecule has 0 bridgehead atoms. The third kappa shape index (κ3) is 3.46. The highest BCUT2D eigenvalue weighted by Gasteiger charge is 2.43. The number of H-pyrrole nitrogens is 1. The van der Waals surface area contributed by atoms with Crippen LogP contribution in [0.4, 0.5) is 10.1 Å². The zero-order valence-electron chi connectivity index (χ0n) is 17.1. The number of aromatic amines is 1. The van der Waals surface area contributed by atoms with E-state index in [4.69, 9.17) is 0 Å². The van der Waals surface area contributed by atoms with E-state index in [9.17, 15) is 4.79 Å². The molecule has 4 rings (SSSR count). The van der Waals surface area contributed by atoms with E-state index in [1.807, 2.05) is 12.1 Å². The van der Waals surface area contributed by atoms with E-state index < -0.39 is 0 Å². The van der Waals surface area contributed by atoms with E-state index in [-0.39, 0.29) is 22.4 Å². The molecule has 1 saturated carbocycles. The topological polar surface area (TPSA) is 58.6 Å². The maximum atomic E-state index is 15.2. The summed E-state index contributed by atoms with van der Waals surface area (Å²) in [6.07, 6.45) is 10.2. The second-order valence-corrected chi connectivity index (χ2v) is 8.33. The van der Waals surface area contributed by atoms with Gasteiger partial charge in [0.25, 0.3) is 0 Å². The molecule has 1 atom stereocenters. The third-order valence-electron chi connectivity index (χ3n) is 6.46. The van der Waals surface area contributed by atoms with Crippen LogP contribution in [0.2, 0.25) is 0 Å². The van der Waals surface area contributed by atoms with Gasteiger partial charge in [-0.15, -0.1) is 0 Å². The molecule has 152 valence electrons. The number of hydrogen-bond acceptors (Lipinski definition) is 3. The van der Waals surface area contributed by atoms with Crippen molar-refractivity contribution in [3.8, 4) is 0 Å². The van der Waals surface area contributed by atoms with Crippen molar-refractivity contribution in [2.75, 3.05) is 0 Å². The first-order valence-corrected chi connectivity index (χ1v) is 10.5. The van der Waals surface area contributed by atoms with Crippen molar-refractivity contribution < 1.29 is 9.18 Å². The average molecular weight is 396 g/mol. The van der Waals surface area contributed by atoms with E-state index >= 15 is 4.39 Å². The summed E-state index contributed by atoms with van der Waals surface area (Å²) in [5.74, 6) is -0.294. The van der Waals surface area contributed by atoms with Crippen molar-refractivity contribution in [2.24, 2.45) is 0 Å². The lowest BCUT2D eigenvalue weighted by molar-refractivity contribution is -0.121. The second kappa shape index (κ2) is 8.03. The van der Waals surface area contributed by atoms with Crippen molar-refractivity contribution in [2.45, 2.75) is 64.5 Å². The van der Waals surface area contributed by atoms with Gasteiger partial charge in [0, 0.05) is 37.6 Å². The number of nitrogens with zero attached hydrogens (tertiary/aromatic N) is 3. The number of quaternary nitrogens is 1. The van der Waals surface area contributed by atoms with Gasteiger partial charge in [0.1, 0.15) is 23.1 Å². The molecule has 1 aromatic carbocycles. The number of nitrogens with one attached hydrogen (secondary N) is 1. The van der Waals surface area contributed by atoms with Crippen LogP contribution in [0, 0.1) is 5.82 Å². The minimum Gasteiger partial charge on any atom is -0.344 e. The van der Waals surface area contributed by atoms with Gasteiger partial charge in [-0.3, -0.25) is 4.98 Å². The predicted molar refractivity (Wildman–Crippen MR) is 113 cm³/mol. The van der Waals surface area contributed by atoms with Gasteiger partial charge in [0.15, 0.2) is 0 Å². The van der Waals surface area contributed by atoms with Crippen molar-refractivity contribution in [3.63, 3.8) is 0 Å². The molecule has 1 unspecified atom stereocenters. The summed E-state index contributed by atoms with van der Waals surface area (Å²) in [6.45, 7) is 4.11. The van der Waals surface area contributed by atoms with Gasteiger partial charge in [0.05, 0.1) is 23.6 Å². The molecule has 2 aromatic heterocycles. The van der Waals surface area contributed by atoms with Crippen LogP contribution in [0.3, 0.4) is 0 Å². The number of amides is 1. The van der Waals surface area contributed by atoms with Crippen LogP contribution in [0.5, 0.6) is 0 Å². The molecule has 1 aliphatic rings. The molecule has 1 N–H and O–H groups in total. The van der Waals surface area contributed by atoms with Crippen molar-refractivity contribution >= 4 is 23.1 Å². The lowest BCUT2D eigenvalue weighted by Crippen LogP contribution is -2.60. The number of imidazole rings is 1. The van der Waals surface area contributed by atoms with Crippen LogP contribution in [-0.2, 0) is 11.2 Å². The van der Waals surface area contributed by atoms with Crippen LogP contribution >= 0.6 is 0 Å². The number of pyridine rings is 1. The fraction of sp³-hybridized carbons (Fsp3) is 0.435. The molecular weight excluding hydrogens is 367 g/mol. The van der Waals surface area contributed by atoms with Gasteiger partial charge in [0.2, 0.25) is 0 Å². The van der Waals surface area contributed by atoms with Crippen LogP contribution in [-0.4, -0.2) is 33.4 Å². The van der Waals surface area contributed by atoms with Crippen LogP contribution < -0.4 is 4.48 Å². The maximum absolute atomic E-state index is 15.2. The van der Waals surface area contributed by atoms with Gasteiger partial charge in [-0.2, -0.15) is 0 Å². The molecule has 1 amide bonds. The van der Waals surface area contributed by atoms with Gasteiger partial charge in [-0.25, -0.2) is 18.7 Å². The fourth-order valence-corrected chi connectivity index (χ4v) is 4.86. The van der Waals surface area contributed by atoms with Crippen molar-refractivity contribution in [1.29, 1.82) is 0 Å². The minimum atomic E-state index is -0.294. The number of carbonyl (C=O) groups is 1. The molecule has 3 aromatic rings. The first-order chi connectivity index (χ1) is 14.1. The Bertz CT molecular complexity index is 1010. The quantitative estimate of drug-likeness (QED) is 0.477. The second-order valence-electron chi connectivity index (χ2n) is 8.33. The maximum Gasteiger partial charge on any atom is 0.307 e. The molecule has 1 aliphatic carbocycles. The van der Waals surface area contributed by atoms with Gasteiger partial charge >= 0.3 is 6.41 Å². The standard InChI is InChI=1S/C23H28FN4O/c1-16(2)28(15-29,18-6-4-3-5-7-18)19-9-8-17(20(24)13-19)12-22-23-21(10-11-25-22)26-14-27-23/h8-11,13-16,18H,3-7,12H2,1-2H3,(H,26,27)/q+1. The lowest BCUT2D eigenvalue weighted by Gasteiger charge is -2.43. The molecule has 0 radical (unpaired) electrons. The van der Waals surface area contributed by atoms with E-state index in [1.54, 1.807) is 24.7 Å². The Kier molecular flexibility index (Phi) is 5.46. The first kappa shape index (κ1) is 19.7. The summed E-state index contributed by atoms with van der Waals surface area (Å²) in [5, 5.41) is 0.